The molecule has 0 unspecified atom stereocenters. The van der Waals surface area contributed by atoms with Gasteiger partial charge in [-0.3, -0.25) is 4.57 Å². The number of nitrogen functional groups attached to an aromatic ring is 1. The number of ether oxygens (including phenoxy) is 1. The Labute approximate surface area is 187 Å². The Morgan fingerprint density at radius 1 is 1.00 bits per heavy atom. The van der Waals surface area contributed by atoms with Gasteiger partial charge in [0.25, 0.3) is 0 Å². The number of carbonyl (C=O) groups excluding carboxylic acids is 1. The number of esters is 1. The lowest BCUT2D eigenvalue weighted by atomic mass is 9.98. The van der Waals surface area contributed by atoms with Crippen LogP contribution in [-0.4, -0.2) is 26.6 Å². The molecule has 2 aromatic heterocycles. The summed E-state index contributed by atoms with van der Waals surface area (Å²) in [5.41, 5.74) is 7.16. The topological polar surface area (TPSA) is 83.0 Å². The number of aromatic nitrogens is 3. The van der Waals surface area contributed by atoms with Crippen molar-refractivity contribution in [2.45, 2.75) is 44.4 Å². The number of rotatable bonds is 3. The molecule has 1 saturated carbocycles. The molecule has 2 heterocycles. The third-order valence-corrected chi connectivity index (χ3v) is 5.96. The van der Waals surface area contributed by atoms with Crippen LogP contribution in [0.25, 0.3) is 27.9 Å². The highest BCUT2D eigenvalue weighted by Crippen LogP contribution is 2.35. The normalized spacial score (nSPS) is 15.2. The second-order valence-electron chi connectivity index (χ2n) is 8.19. The summed E-state index contributed by atoms with van der Waals surface area (Å²) in [5.74, 6) is -0.694. The molecule has 4 aromatic rings. The van der Waals surface area contributed by atoms with E-state index in [-0.39, 0.29) is 34.3 Å². The van der Waals surface area contributed by atoms with Crippen molar-refractivity contribution in [1.29, 1.82) is 0 Å². The van der Waals surface area contributed by atoms with Crippen LogP contribution < -0.4 is 5.73 Å². The highest BCUT2D eigenvalue weighted by atomic mass is 19.4. The molecule has 170 valence electrons. The van der Waals surface area contributed by atoms with Crippen LogP contribution in [0.3, 0.4) is 0 Å². The van der Waals surface area contributed by atoms with Crippen molar-refractivity contribution >= 4 is 34.0 Å². The van der Waals surface area contributed by atoms with Crippen molar-refractivity contribution in [1.82, 2.24) is 14.5 Å². The third kappa shape index (κ3) is 3.88. The van der Waals surface area contributed by atoms with Crippen molar-refractivity contribution in [3.63, 3.8) is 0 Å². The predicted octanol–water partition coefficient (Wildman–Crippen LogP) is 5.66. The van der Waals surface area contributed by atoms with Gasteiger partial charge < -0.3 is 10.5 Å². The average Bonchev–Trinajstić information content (AvgIpc) is 3.08. The molecule has 0 saturated heterocycles. The zero-order valence-corrected chi connectivity index (χ0v) is 17.6. The molecule has 1 fully saturated rings. The number of benzene rings is 2. The maximum Gasteiger partial charge on any atom is 0.416 e. The Morgan fingerprint density at radius 3 is 2.39 bits per heavy atom. The molecule has 5 rings (SSSR count). The van der Waals surface area contributed by atoms with E-state index in [2.05, 4.69) is 9.97 Å². The van der Waals surface area contributed by atoms with Crippen LogP contribution >= 0.6 is 0 Å². The molecule has 2 N–H and O–H groups in total. The Bertz CT molecular complexity index is 1360. The predicted molar refractivity (Wildman–Crippen MR) is 118 cm³/mol. The number of nitrogens with zero attached hydrogens (tertiary/aromatic N) is 3. The van der Waals surface area contributed by atoms with E-state index < -0.39 is 17.7 Å². The van der Waals surface area contributed by atoms with E-state index in [0.29, 0.717) is 11.0 Å². The van der Waals surface area contributed by atoms with Crippen molar-refractivity contribution in [3.8, 4) is 5.69 Å². The zero-order chi connectivity index (χ0) is 23.2. The van der Waals surface area contributed by atoms with E-state index in [4.69, 9.17) is 10.5 Å². The summed E-state index contributed by atoms with van der Waals surface area (Å²) in [5, 5.41) is 0. The molecule has 1 aliphatic rings. The van der Waals surface area contributed by atoms with Crippen molar-refractivity contribution in [2.75, 3.05) is 5.73 Å². The maximum atomic E-state index is 13.4. The molecule has 2 aromatic carbocycles. The minimum Gasteiger partial charge on any atom is -0.459 e. The highest BCUT2D eigenvalue weighted by Gasteiger charge is 2.32. The Kier molecular flexibility index (Phi) is 5.19. The SMILES string of the molecule is Nc1c(C(=O)OC2CCCCC2)c2nc3ccccc3nc2n1-c1cccc(C(F)(F)F)c1. The van der Waals surface area contributed by atoms with Gasteiger partial charge in [-0.25, -0.2) is 14.8 Å². The molecule has 0 atom stereocenters. The van der Waals surface area contributed by atoms with Crippen LogP contribution in [0.5, 0.6) is 0 Å². The molecule has 0 amide bonds. The molecule has 6 nitrogen and oxygen atoms in total. The molecular formula is C24H21F3N4O2. The number of hydrogen-bond acceptors (Lipinski definition) is 5. The van der Waals surface area contributed by atoms with Crippen molar-refractivity contribution < 1.29 is 22.7 Å². The first kappa shape index (κ1) is 21.2. The molecule has 0 bridgehead atoms. The monoisotopic (exact) mass is 454 g/mol. The molecule has 9 heteroatoms. The number of fused-ring (bicyclic) bond motifs is 2. The van der Waals surface area contributed by atoms with Gasteiger partial charge in [-0.15, -0.1) is 0 Å². The van der Waals surface area contributed by atoms with Gasteiger partial charge in [-0.2, -0.15) is 13.2 Å². The lowest BCUT2D eigenvalue weighted by Crippen LogP contribution is -2.21. The van der Waals surface area contributed by atoms with Gasteiger partial charge in [0.15, 0.2) is 5.65 Å². The van der Waals surface area contributed by atoms with Crippen LogP contribution in [0.2, 0.25) is 0 Å². The summed E-state index contributed by atoms with van der Waals surface area (Å²) in [4.78, 5) is 22.4. The van der Waals surface area contributed by atoms with Gasteiger partial charge >= 0.3 is 12.1 Å². The van der Waals surface area contributed by atoms with Gasteiger partial charge in [-0.1, -0.05) is 24.6 Å². The standard InChI is InChI=1S/C24H21F3N4O2/c25-24(26,27)14-7-6-8-15(13-14)31-21(28)19(23(32)33-16-9-2-1-3-10-16)20-22(31)30-18-12-5-4-11-17(18)29-20/h4-8,11-13,16H,1-3,9-10,28H2. The fourth-order valence-electron chi connectivity index (χ4n) is 4.34. The lowest BCUT2D eigenvalue weighted by molar-refractivity contribution is -0.137. The summed E-state index contributed by atoms with van der Waals surface area (Å²) in [6.45, 7) is 0. The number of para-hydroxylation sites is 2. The number of alkyl halides is 3. The zero-order valence-electron chi connectivity index (χ0n) is 17.6. The highest BCUT2D eigenvalue weighted by molar-refractivity contribution is 6.09. The van der Waals surface area contributed by atoms with Crippen LogP contribution in [0.1, 0.15) is 48.0 Å². The van der Waals surface area contributed by atoms with Gasteiger partial charge in [0.2, 0.25) is 0 Å². The van der Waals surface area contributed by atoms with E-state index in [1.54, 1.807) is 24.3 Å². The van der Waals surface area contributed by atoms with Crippen LogP contribution in [0.4, 0.5) is 19.0 Å². The number of halogens is 3. The summed E-state index contributed by atoms with van der Waals surface area (Å²) in [6, 6.07) is 11.8. The molecule has 0 spiro atoms. The second kappa shape index (κ2) is 8.06. The molecule has 33 heavy (non-hydrogen) atoms. The van der Waals surface area contributed by atoms with Gasteiger partial charge in [-0.05, 0) is 56.0 Å². The lowest BCUT2D eigenvalue weighted by Gasteiger charge is -2.21. The molecule has 0 radical (unpaired) electrons. The van der Waals surface area contributed by atoms with E-state index in [0.717, 1.165) is 44.2 Å². The summed E-state index contributed by atoms with van der Waals surface area (Å²) >= 11 is 0. The first-order valence-corrected chi connectivity index (χ1v) is 10.8. The minimum atomic E-state index is -4.53. The third-order valence-electron chi connectivity index (χ3n) is 5.96. The van der Waals surface area contributed by atoms with Crippen LogP contribution in [0, 0.1) is 0 Å². The fraction of sp³-hybridized carbons (Fsp3) is 0.292. The van der Waals surface area contributed by atoms with Gasteiger partial charge in [0.1, 0.15) is 23.0 Å². The van der Waals surface area contributed by atoms with Crippen LogP contribution in [0.15, 0.2) is 48.5 Å². The number of anilines is 1. The Balaban J connectivity index is 1.71. The van der Waals surface area contributed by atoms with Crippen molar-refractivity contribution in [3.05, 3.63) is 59.7 Å². The number of nitrogens with two attached hydrogens (primary N) is 1. The molecule has 0 aliphatic heterocycles. The van der Waals surface area contributed by atoms with E-state index in [1.807, 2.05) is 0 Å². The Morgan fingerprint density at radius 2 is 1.70 bits per heavy atom. The van der Waals surface area contributed by atoms with E-state index >= 15 is 0 Å². The first-order valence-electron chi connectivity index (χ1n) is 10.8. The number of carbonyl (C=O) groups is 1. The van der Waals surface area contributed by atoms with Gasteiger partial charge in [0, 0.05) is 5.69 Å². The van der Waals surface area contributed by atoms with Crippen LogP contribution in [-0.2, 0) is 10.9 Å². The maximum absolute atomic E-state index is 13.4. The minimum absolute atomic E-state index is 0.0197. The summed E-state index contributed by atoms with van der Waals surface area (Å²) in [7, 11) is 0. The fourth-order valence-corrected chi connectivity index (χ4v) is 4.34. The summed E-state index contributed by atoms with van der Waals surface area (Å²) < 4.78 is 47.1. The first-order chi connectivity index (χ1) is 15.8. The van der Waals surface area contributed by atoms with E-state index in [1.165, 1.54) is 16.7 Å². The van der Waals surface area contributed by atoms with Crippen molar-refractivity contribution in [2.24, 2.45) is 0 Å². The average molecular weight is 454 g/mol. The summed E-state index contributed by atoms with van der Waals surface area (Å²) in [6.07, 6.45) is -0.157. The second-order valence-corrected chi connectivity index (χ2v) is 8.19. The Hall–Kier alpha value is -3.62. The smallest absolute Gasteiger partial charge is 0.416 e. The van der Waals surface area contributed by atoms with E-state index in [9.17, 15) is 18.0 Å². The molecule has 1 aliphatic carbocycles. The number of hydrogen-bond donors (Lipinski definition) is 1. The molecular weight excluding hydrogens is 433 g/mol. The largest absolute Gasteiger partial charge is 0.459 e. The quantitative estimate of drug-likeness (QED) is 0.404. The van der Waals surface area contributed by atoms with Gasteiger partial charge in [0.05, 0.1) is 16.6 Å².